The standard InChI is InChI=1S/C17H21N3O4/c1-10-8-13(15-11(2)19-24-16(15)18-10)17(23)20-7-3-4-12(9-20)5-6-14(21)22/h8,12H,3-7,9H2,1-2H3,(H,21,22). The molecule has 1 saturated heterocycles. The van der Waals surface area contributed by atoms with Crippen molar-refractivity contribution in [1.82, 2.24) is 15.0 Å². The lowest BCUT2D eigenvalue weighted by atomic mass is 9.93. The molecule has 3 heterocycles. The van der Waals surface area contributed by atoms with Crippen LogP contribution < -0.4 is 0 Å². The molecule has 0 spiro atoms. The Morgan fingerprint density at radius 3 is 2.96 bits per heavy atom. The predicted octanol–water partition coefficient (Wildman–Crippen LogP) is 2.56. The SMILES string of the molecule is Cc1cc(C(=O)N2CCCC(CCC(=O)O)C2)c2c(C)noc2n1. The van der Waals surface area contributed by atoms with Crippen molar-refractivity contribution in [2.75, 3.05) is 13.1 Å². The number of pyridine rings is 1. The zero-order valence-electron chi connectivity index (χ0n) is 13.9. The van der Waals surface area contributed by atoms with Crippen molar-refractivity contribution in [2.24, 2.45) is 5.92 Å². The molecule has 1 amide bonds. The van der Waals surface area contributed by atoms with E-state index in [1.165, 1.54) is 0 Å². The number of piperidine rings is 1. The lowest BCUT2D eigenvalue weighted by molar-refractivity contribution is -0.137. The number of hydrogen-bond acceptors (Lipinski definition) is 5. The van der Waals surface area contributed by atoms with E-state index >= 15 is 0 Å². The van der Waals surface area contributed by atoms with Crippen molar-refractivity contribution in [3.05, 3.63) is 23.0 Å². The molecule has 7 nitrogen and oxygen atoms in total. The van der Waals surface area contributed by atoms with Crippen molar-refractivity contribution >= 4 is 23.0 Å². The fraction of sp³-hybridized carbons (Fsp3) is 0.529. The molecule has 1 atom stereocenters. The molecule has 0 aliphatic carbocycles. The summed E-state index contributed by atoms with van der Waals surface area (Å²) in [6.45, 7) is 4.90. The lowest BCUT2D eigenvalue weighted by Crippen LogP contribution is -2.40. The van der Waals surface area contributed by atoms with Gasteiger partial charge in [0.1, 0.15) is 0 Å². The normalized spacial score (nSPS) is 18.1. The molecule has 0 aromatic carbocycles. The molecule has 24 heavy (non-hydrogen) atoms. The third kappa shape index (κ3) is 3.25. The topological polar surface area (TPSA) is 96.5 Å². The number of aliphatic carboxylic acids is 1. The van der Waals surface area contributed by atoms with Gasteiger partial charge in [-0.1, -0.05) is 5.16 Å². The van der Waals surface area contributed by atoms with Crippen LogP contribution in [-0.2, 0) is 4.79 Å². The minimum absolute atomic E-state index is 0.0585. The van der Waals surface area contributed by atoms with Crippen LogP contribution in [0.1, 0.15) is 47.4 Å². The van der Waals surface area contributed by atoms with Gasteiger partial charge in [0.25, 0.3) is 11.6 Å². The van der Waals surface area contributed by atoms with Crippen LogP contribution in [0.15, 0.2) is 10.6 Å². The zero-order valence-corrected chi connectivity index (χ0v) is 13.9. The number of aryl methyl sites for hydroxylation is 2. The monoisotopic (exact) mass is 331 g/mol. The van der Waals surface area contributed by atoms with Crippen LogP contribution in [0.3, 0.4) is 0 Å². The Morgan fingerprint density at radius 1 is 1.42 bits per heavy atom. The molecule has 1 unspecified atom stereocenters. The van der Waals surface area contributed by atoms with Crippen molar-refractivity contribution in [3.63, 3.8) is 0 Å². The van der Waals surface area contributed by atoms with Gasteiger partial charge in [0.2, 0.25) is 0 Å². The van der Waals surface area contributed by atoms with Gasteiger partial charge in [0.05, 0.1) is 16.6 Å². The van der Waals surface area contributed by atoms with E-state index in [4.69, 9.17) is 9.63 Å². The second-order valence-electron chi connectivity index (χ2n) is 6.45. The number of hydrogen-bond donors (Lipinski definition) is 1. The number of likely N-dealkylation sites (tertiary alicyclic amines) is 1. The predicted molar refractivity (Wildman–Crippen MR) is 86.8 cm³/mol. The summed E-state index contributed by atoms with van der Waals surface area (Å²) >= 11 is 0. The van der Waals surface area contributed by atoms with Crippen LogP contribution in [-0.4, -0.2) is 45.1 Å². The zero-order chi connectivity index (χ0) is 17.3. The highest BCUT2D eigenvalue weighted by Crippen LogP contribution is 2.26. The van der Waals surface area contributed by atoms with Crippen LogP contribution in [0.25, 0.3) is 11.1 Å². The van der Waals surface area contributed by atoms with Crippen molar-refractivity contribution in [1.29, 1.82) is 0 Å². The van der Waals surface area contributed by atoms with Crippen LogP contribution in [0.4, 0.5) is 0 Å². The highest BCUT2D eigenvalue weighted by molar-refractivity contribution is 6.06. The minimum Gasteiger partial charge on any atom is -0.481 e. The Kier molecular flexibility index (Phi) is 4.51. The number of amides is 1. The quantitative estimate of drug-likeness (QED) is 0.925. The molecule has 0 bridgehead atoms. The fourth-order valence-corrected chi connectivity index (χ4v) is 3.37. The molecule has 7 heteroatoms. The van der Waals surface area contributed by atoms with Crippen LogP contribution in [0.2, 0.25) is 0 Å². The average Bonchev–Trinajstić information content (AvgIpc) is 2.92. The number of nitrogens with zero attached hydrogens (tertiary/aromatic N) is 3. The van der Waals surface area contributed by atoms with Crippen molar-refractivity contribution in [3.8, 4) is 0 Å². The van der Waals surface area contributed by atoms with E-state index in [2.05, 4.69) is 10.1 Å². The van der Waals surface area contributed by atoms with Gasteiger partial charge >= 0.3 is 5.97 Å². The van der Waals surface area contributed by atoms with Crippen molar-refractivity contribution in [2.45, 2.75) is 39.5 Å². The summed E-state index contributed by atoms with van der Waals surface area (Å²) in [5, 5.41) is 13.4. The van der Waals surface area contributed by atoms with Gasteiger partial charge in [-0.15, -0.1) is 0 Å². The Hall–Kier alpha value is -2.44. The summed E-state index contributed by atoms with van der Waals surface area (Å²) in [5.41, 5.74) is 2.31. The molecule has 1 aliphatic heterocycles. The second-order valence-corrected chi connectivity index (χ2v) is 6.45. The smallest absolute Gasteiger partial charge is 0.303 e. The van der Waals surface area contributed by atoms with Crippen LogP contribution in [0.5, 0.6) is 0 Å². The first-order valence-corrected chi connectivity index (χ1v) is 8.20. The Bertz CT molecular complexity index is 783. The van der Waals surface area contributed by atoms with Gasteiger partial charge < -0.3 is 14.5 Å². The maximum absolute atomic E-state index is 13.0. The fourth-order valence-electron chi connectivity index (χ4n) is 3.37. The van der Waals surface area contributed by atoms with E-state index in [9.17, 15) is 9.59 Å². The number of aromatic nitrogens is 2. The summed E-state index contributed by atoms with van der Waals surface area (Å²) in [5.74, 6) is -0.609. The molecule has 1 aliphatic rings. The number of carbonyl (C=O) groups is 2. The first-order chi connectivity index (χ1) is 11.5. The largest absolute Gasteiger partial charge is 0.481 e. The van der Waals surface area contributed by atoms with Crippen LogP contribution >= 0.6 is 0 Å². The second kappa shape index (κ2) is 6.59. The van der Waals surface area contributed by atoms with Gasteiger partial charge in [-0.2, -0.15) is 0 Å². The van der Waals surface area contributed by atoms with E-state index < -0.39 is 5.97 Å². The summed E-state index contributed by atoms with van der Waals surface area (Å²) in [6.07, 6.45) is 2.62. The summed E-state index contributed by atoms with van der Waals surface area (Å²) in [4.78, 5) is 29.9. The van der Waals surface area contributed by atoms with E-state index in [1.54, 1.807) is 13.0 Å². The number of fused-ring (bicyclic) bond motifs is 1. The Labute approximate surface area is 139 Å². The lowest BCUT2D eigenvalue weighted by Gasteiger charge is -2.32. The van der Waals surface area contributed by atoms with Gasteiger partial charge in [-0.25, -0.2) is 4.98 Å². The van der Waals surface area contributed by atoms with Gasteiger partial charge in [-0.3, -0.25) is 9.59 Å². The van der Waals surface area contributed by atoms with Gasteiger partial charge in [0.15, 0.2) is 0 Å². The third-order valence-electron chi connectivity index (χ3n) is 4.55. The molecular weight excluding hydrogens is 310 g/mol. The molecule has 1 fully saturated rings. The molecule has 0 saturated carbocycles. The Balaban J connectivity index is 1.83. The maximum Gasteiger partial charge on any atom is 0.303 e. The summed E-state index contributed by atoms with van der Waals surface area (Å²) in [7, 11) is 0. The molecule has 3 rings (SSSR count). The highest BCUT2D eigenvalue weighted by atomic mass is 16.5. The Morgan fingerprint density at radius 2 is 2.21 bits per heavy atom. The maximum atomic E-state index is 13.0. The van der Waals surface area contributed by atoms with E-state index in [1.807, 2.05) is 11.8 Å². The third-order valence-corrected chi connectivity index (χ3v) is 4.55. The summed E-state index contributed by atoms with van der Waals surface area (Å²) < 4.78 is 5.20. The number of carbonyl (C=O) groups excluding carboxylic acids is 1. The molecule has 2 aromatic heterocycles. The van der Waals surface area contributed by atoms with Gasteiger partial charge in [0, 0.05) is 25.2 Å². The molecule has 0 radical (unpaired) electrons. The highest BCUT2D eigenvalue weighted by Gasteiger charge is 2.27. The number of carboxylic acid groups (broad SMARTS) is 1. The first kappa shape index (κ1) is 16.4. The van der Waals surface area contributed by atoms with E-state index in [0.29, 0.717) is 47.6 Å². The molecule has 1 N–H and O–H groups in total. The molecule has 2 aromatic rings. The van der Waals surface area contributed by atoms with Crippen molar-refractivity contribution < 1.29 is 19.2 Å². The van der Waals surface area contributed by atoms with E-state index in [0.717, 1.165) is 12.8 Å². The average molecular weight is 331 g/mol. The van der Waals surface area contributed by atoms with Gasteiger partial charge in [-0.05, 0) is 45.1 Å². The number of carboxylic acids is 1. The van der Waals surface area contributed by atoms with E-state index in [-0.39, 0.29) is 18.2 Å². The minimum atomic E-state index is -0.787. The first-order valence-electron chi connectivity index (χ1n) is 8.20. The number of rotatable bonds is 4. The van der Waals surface area contributed by atoms with Crippen LogP contribution in [0, 0.1) is 19.8 Å². The summed E-state index contributed by atoms with van der Waals surface area (Å²) in [6, 6.07) is 1.77. The molecule has 128 valence electrons. The molecular formula is C17H21N3O4.